The number of aliphatic hydroxyl groups excluding tert-OH is 3. The van der Waals surface area contributed by atoms with Gasteiger partial charge in [-0.05, 0) is 143 Å². The SMILES string of the molecule is CC[C@H]1OC(=O)[C@H](C)[C@@H](O[C@H]2CC[C@@](C)(OC)C(O)[C@@H]2C)[C@H](C)[C@@H](O[C@@H]2O[C@H](C)C[C@H](N(C)C)[C@H]2O)[C@](C)(O)C[C@@H](C)C(NC(=O)CCc2cc(C)c(/C=C3\N=C(C)C=C3C)n2B(F)F)[C@H](C)[C@@H](O)[C@]1(C)O. The van der Waals surface area contributed by atoms with Crippen molar-refractivity contribution in [2.45, 2.75) is 219 Å². The van der Waals surface area contributed by atoms with Crippen molar-refractivity contribution < 1.29 is 67.4 Å². The van der Waals surface area contributed by atoms with Gasteiger partial charge in [-0.2, -0.15) is 0 Å². The molecule has 5 rings (SSSR count). The first-order valence-electron chi connectivity index (χ1n) is 26.0. The van der Waals surface area contributed by atoms with Gasteiger partial charge in [0.2, 0.25) is 5.91 Å². The summed E-state index contributed by atoms with van der Waals surface area (Å²) >= 11 is 0. The van der Waals surface area contributed by atoms with E-state index in [4.69, 9.17) is 23.7 Å². The average Bonchev–Trinajstić information content (AvgIpc) is 3.80. The van der Waals surface area contributed by atoms with Crippen LogP contribution in [0.4, 0.5) is 8.63 Å². The van der Waals surface area contributed by atoms with Gasteiger partial charge in [-0.1, -0.05) is 34.6 Å². The number of nitrogens with zero attached hydrogens (tertiary/aromatic N) is 3. The number of allylic oxidation sites excluding steroid dienone is 2. The van der Waals surface area contributed by atoms with Gasteiger partial charge in [-0.15, -0.1) is 0 Å². The van der Waals surface area contributed by atoms with Crippen molar-refractivity contribution >= 4 is 31.1 Å². The molecule has 0 spiro atoms. The Hall–Kier alpha value is -3.11. The lowest BCUT2D eigenvalue weighted by Crippen LogP contribution is -2.62. The first-order valence-corrected chi connectivity index (χ1v) is 26.0. The molecular formula is C53H87BF2N4O12. The zero-order valence-corrected chi connectivity index (χ0v) is 45.7. The van der Waals surface area contributed by atoms with Gasteiger partial charge in [0.1, 0.15) is 17.8 Å². The van der Waals surface area contributed by atoms with E-state index in [9.17, 15) is 43.8 Å². The number of aliphatic imine (C=N–C) groups is 1. The zero-order valence-electron chi connectivity index (χ0n) is 45.7. The minimum Gasteiger partial charge on any atom is -0.459 e. The van der Waals surface area contributed by atoms with Gasteiger partial charge >= 0.3 is 13.4 Å². The Bertz CT molecular complexity index is 2130. The van der Waals surface area contributed by atoms with Crippen molar-refractivity contribution in [3.05, 3.63) is 40.4 Å². The number of aliphatic hydroxyl groups is 5. The maximum atomic E-state index is 14.9. The van der Waals surface area contributed by atoms with E-state index < -0.39 is 121 Å². The second kappa shape index (κ2) is 23.8. The standard InChI is InChI=1S/C53H87BF2N4O12/c1-17-41-53(13,67)47(64)33(8)43(58-42(61)19-18-36-23-28(3)38(60(36)54(55)56)25-37-27(2)22-30(5)57-37)29(4)26-51(11,66)48(72-50-44(62)39(59(14)15)24-31(6)69-50)34(9)45(35(10)49(65)71-41)70-40-20-21-52(12,68-16)46(63)32(40)7/h22-23,25,29,31-35,39-41,43-48,50,62-64,66-67H,17-21,24,26H2,1-16H3,(H,58,61)/b37-25-/t29-,31-,32-,33+,34+,35-,39+,40+,41-,43?,44-,45+,46?,47-,48-,50+,51-,52-,53-/m1/s1. The molecule has 4 heterocycles. The van der Waals surface area contributed by atoms with Gasteiger partial charge in [-0.3, -0.25) is 23.2 Å². The number of hydrogen-bond acceptors (Lipinski definition) is 14. The normalized spacial score (nSPS) is 41.2. The van der Waals surface area contributed by atoms with Gasteiger partial charge in [0.15, 0.2) is 6.29 Å². The van der Waals surface area contributed by atoms with Crippen molar-refractivity contribution in [2.24, 2.45) is 34.6 Å². The molecule has 1 aromatic heterocycles. The maximum absolute atomic E-state index is 14.9. The Morgan fingerprint density at radius 1 is 1.01 bits per heavy atom. The Kier molecular flexibility index (Phi) is 19.8. The summed E-state index contributed by atoms with van der Waals surface area (Å²) in [5.74, 6) is -5.32. The van der Waals surface area contributed by atoms with Gasteiger partial charge in [0, 0.05) is 60.5 Å². The molecule has 19 atom stereocenters. The molecule has 408 valence electrons. The number of carbonyl (C=O) groups is 2. The van der Waals surface area contributed by atoms with Crippen LogP contribution in [0.2, 0.25) is 0 Å². The molecule has 19 heteroatoms. The summed E-state index contributed by atoms with van der Waals surface area (Å²) in [5, 5.41) is 63.9. The van der Waals surface area contributed by atoms with Crippen molar-refractivity contribution in [3.63, 3.8) is 0 Å². The average molecular weight is 1020 g/mol. The van der Waals surface area contributed by atoms with Crippen molar-refractivity contribution in [1.82, 2.24) is 14.7 Å². The number of aryl methyl sites for hydroxylation is 2. The smallest absolute Gasteiger partial charge is 0.459 e. The molecule has 6 N–H and O–H groups in total. The number of rotatable bonds is 13. The second-order valence-corrected chi connectivity index (χ2v) is 22.7. The van der Waals surface area contributed by atoms with E-state index in [1.165, 1.54) is 6.92 Å². The number of cyclic esters (lactones) is 1. The minimum absolute atomic E-state index is 0.0664. The molecule has 2 saturated heterocycles. The number of amides is 1. The Morgan fingerprint density at radius 2 is 1.67 bits per heavy atom. The highest BCUT2D eigenvalue weighted by molar-refractivity contribution is 6.41. The predicted octanol–water partition coefficient (Wildman–Crippen LogP) is 5.64. The van der Waals surface area contributed by atoms with Crippen LogP contribution in [0.3, 0.4) is 0 Å². The number of aromatic nitrogens is 1. The summed E-state index contributed by atoms with van der Waals surface area (Å²) in [5.41, 5.74) is -1.48. The van der Waals surface area contributed by atoms with E-state index in [0.717, 1.165) is 15.8 Å². The van der Waals surface area contributed by atoms with Crippen LogP contribution in [0, 0.1) is 36.5 Å². The molecule has 16 nitrogen and oxygen atoms in total. The predicted molar refractivity (Wildman–Crippen MR) is 272 cm³/mol. The molecule has 0 radical (unpaired) electrons. The first-order chi connectivity index (χ1) is 33.4. The van der Waals surface area contributed by atoms with Gasteiger partial charge in [0.05, 0.1) is 59.4 Å². The van der Waals surface area contributed by atoms with E-state index in [-0.39, 0.29) is 49.2 Å². The van der Waals surface area contributed by atoms with Crippen LogP contribution < -0.4 is 5.32 Å². The van der Waals surface area contributed by atoms with Crippen molar-refractivity contribution in [1.29, 1.82) is 0 Å². The Balaban J connectivity index is 1.56. The fourth-order valence-corrected chi connectivity index (χ4v) is 12.1. The quantitative estimate of drug-likeness (QED) is 0.104. The van der Waals surface area contributed by atoms with Gasteiger partial charge < -0.3 is 63.9 Å². The number of hydrogen-bond donors (Lipinski definition) is 6. The molecular weight excluding hydrogens is 933 g/mol. The fraction of sp³-hybridized carbons (Fsp3) is 0.792. The van der Waals surface area contributed by atoms with E-state index in [1.807, 2.05) is 59.7 Å². The molecule has 3 fully saturated rings. The Labute approximate surface area is 427 Å². The van der Waals surface area contributed by atoms with E-state index in [2.05, 4.69) is 10.3 Å². The maximum Gasteiger partial charge on any atom is 0.677 e. The highest BCUT2D eigenvalue weighted by Gasteiger charge is 2.54. The van der Waals surface area contributed by atoms with Crippen LogP contribution >= 0.6 is 0 Å². The molecule has 1 aliphatic carbocycles. The summed E-state index contributed by atoms with van der Waals surface area (Å²) in [7, 11) is 2.33. The van der Waals surface area contributed by atoms with Crippen LogP contribution in [0.15, 0.2) is 28.4 Å². The topological polar surface area (TPSA) is 214 Å². The molecule has 3 aliphatic heterocycles. The Morgan fingerprint density at radius 3 is 2.24 bits per heavy atom. The molecule has 72 heavy (non-hydrogen) atoms. The fourth-order valence-electron chi connectivity index (χ4n) is 12.1. The molecule has 0 bridgehead atoms. The molecule has 1 amide bonds. The summed E-state index contributed by atoms with van der Waals surface area (Å²) in [6.45, 7) is 22.5. The zero-order chi connectivity index (χ0) is 54.1. The van der Waals surface area contributed by atoms with Gasteiger partial charge in [0.25, 0.3) is 0 Å². The van der Waals surface area contributed by atoms with E-state index in [1.54, 1.807) is 67.7 Å². The van der Waals surface area contributed by atoms with Crippen LogP contribution in [-0.4, -0.2) is 165 Å². The summed E-state index contributed by atoms with van der Waals surface area (Å²) in [4.78, 5) is 35.2. The summed E-state index contributed by atoms with van der Waals surface area (Å²) in [6, 6.07) is 0.287. The number of ether oxygens (including phenoxy) is 5. The summed E-state index contributed by atoms with van der Waals surface area (Å²) < 4.78 is 62.6. The summed E-state index contributed by atoms with van der Waals surface area (Å²) in [6.07, 6.45) is -4.86. The number of nitrogens with one attached hydrogen (secondary N) is 1. The number of halogens is 2. The van der Waals surface area contributed by atoms with Gasteiger partial charge in [-0.25, -0.2) is 0 Å². The van der Waals surface area contributed by atoms with Crippen LogP contribution in [-0.2, 0) is 39.7 Å². The van der Waals surface area contributed by atoms with Crippen molar-refractivity contribution in [3.8, 4) is 0 Å². The number of esters is 1. The molecule has 1 aromatic rings. The van der Waals surface area contributed by atoms with E-state index >= 15 is 0 Å². The lowest BCUT2D eigenvalue weighted by atomic mass is 9.72. The molecule has 0 aromatic carbocycles. The van der Waals surface area contributed by atoms with Crippen LogP contribution in [0.25, 0.3) is 6.08 Å². The van der Waals surface area contributed by atoms with E-state index in [0.29, 0.717) is 30.5 Å². The first kappa shape index (κ1) is 59.8. The lowest BCUT2D eigenvalue weighted by molar-refractivity contribution is -0.302. The van der Waals surface area contributed by atoms with Crippen molar-refractivity contribution in [2.75, 3.05) is 21.2 Å². The minimum atomic E-state index is -2.91. The molecule has 4 aliphatic rings. The highest BCUT2D eigenvalue weighted by atomic mass is 19.2. The lowest BCUT2D eigenvalue weighted by Gasteiger charge is -2.50. The largest absolute Gasteiger partial charge is 0.677 e. The monoisotopic (exact) mass is 1020 g/mol. The number of carbonyl (C=O) groups excluding carboxylic acids is 2. The molecule has 1 saturated carbocycles. The van der Waals surface area contributed by atoms with Crippen LogP contribution in [0.1, 0.15) is 139 Å². The van der Waals surface area contributed by atoms with Crippen LogP contribution in [0.5, 0.6) is 0 Å². The third-order valence-electron chi connectivity index (χ3n) is 16.6. The third-order valence-corrected chi connectivity index (χ3v) is 16.6. The number of likely N-dealkylation sites (N-methyl/N-ethyl adjacent to an activating group) is 1. The second-order valence-electron chi connectivity index (χ2n) is 22.7. The number of methoxy groups -OCH3 is 1. The third kappa shape index (κ3) is 12.9. The highest BCUT2D eigenvalue weighted by Crippen LogP contribution is 2.43. The molecule has 2 unspecified atom stereocenters.